The molecule has 0 radical (unpaired) electrons. The number of carbonyl (C=O) groups is 1. The van der Waals surface area contributed by atoms with Crippen molar-refractivity contribution in [2.24, 2.45) is 11.3 Å². The third-order valence-corrected chi connectivity index (χ3v) is 4.51. The van der Waals surface area contributed by atoms with Gasteiger partial charge in [0.25, 0.3) is 0 Å². The van der Waals surface area contributed by atoms with Crippen molar-refractivity contribution in [3.63, 3.8) is 0 Å². The molecular formula is C17H22FNO. The van der Waals surface area contributed by atoms with Crippen molar-refractivity contribution in [1.82, 2.24) is 4.90 Å². The molecule has 2 nitrogen and oxygen atoms in total. The van der Waals surface area contributed by atoms with Gasteiger partial charge in [0, 0.05) is 18.5 Å². The number of rotatable bonds is 1. The molecule has 3 rings (SSSR count). The molecule has 1 atom stereocenters. The quantitative estimate of drug-likeness (QED) is 0.767. The lowest BCUT2D eigenvalue weighted by atomic mass is 9.78. The van der Waals surface area contributed by atoms with Crippen LogP contribution in [0.3, 0.4) is 0 Å². The fourth-order valence-corrected chi connectivity index (χ4v) is 3.12. The van der Waals surface area contributed by atoms with E-state index in [4.69, 9.17) is 0 Å². The minimum atomic E-state index is -0.182. The summed E-state index contributed by atoms with van der Waals surface area (Å²) in [5.74, 6) is 0.347. The number of fused-ring (bicyclic) bond motifs is 1. The minimum absolute atomic E-state index is 0.00849. The number of hydrogen-bond donors (Lipinski definition) is 0. The van der Waals surface area contributed by atoms with Gasteiger partial charge < -0.3 is 4.90 Å². The highest BCUT2D eigenvalue weighted by atomic mass is 19.1. The zero-order chi connectivity index (χ0) is 14.5. The van der Waals surface area contributed by atoms with Gasteiger partial charge in [0.1, 0.15) is 5.82 Å². The molecule has 0 bridgehead atoms. The van der Waals surface area contributed by atoms with Gasteiger partial charge in [-0.15, -0.1) is 0 Å². The van der Waals surface area contributed by atoms with Crippen LogP contribution in [0.1, 0.15) is 44.7 Å². The summed E-state index contributed by atoms with van der Waals surface area (Å²) in [4.78, 5) is 14.6. The molecule has 1 aromatic carbocycles. The Morgan fingerprint density at radius 1 is 1.25 bits per heavy atom. The summed E-state index contributed by atoms with van der Waals surface area (Å²) in [7, 11) is 0. The molecule has 108 valence electrons. The monoisotopic (exact) mass is 275 g/mol. The average Bonchev–Trinajstić information content (AvgIpc) is 3.19. The molecular weight excluding hydrogens is 253 g/mol. The third-order valence-electron chi connectivity index (χ3n) is 4.51. The Bertz CT molecular complexity index is 542. The van der Waals surface area contributed by atoms with Gasteiger partial charge in [-0.3, -0.25) is 4.79 Å². The Balaban J connectivity index is 1.95. The van der Waals surface area contributed by atoms with E-state index in [1.54, 1.807) is 6.07 Å². The normalized spacial score (nSPS) is 22.6. The van der Waals surface area contributed by atoms with E-state index in [0.717, 1.165) is 30.4 Å². The van der Waals surface area contributed by atoms with Gasteiger partial charge >= 0.3 is 0 Å². The molecule has 3 heteroatoms. The Kier molecular flexibility index (Phi) is 3.11. The number of carbonyl (C=O) groups excluding carboxylic acids is 1. The van der Waals surface area contributed by atoms with E-state index in [0.29, 0.717) is 12.5 Å². The molecule has 20 heavy (non-hydrogen) atoms. The highest BCUT2D eigenvalue weighted by Gasteiger charge is 2.42. The Morgan fingerprint density at radius 3 is 2.55 bits per heavy atom. The van der Waals surface area contributed by atoms with Crippen LogP contribution in [0, 0.1) is 17.2 Å². The van der Waals surface area contributed by atoms with Crippen LogP contribution in [-0.2, 0) is 17.8 Å². The standard InChI is InChI=1S/C17H22FNO/c1-17(2,3)15-9-13-8-14(18)7-6-12(13)10-19(15)16(20)11-4-5-11/h6-8,11,15H,4-5,9-10H2,1-3H3. The van der Waals surface area contributed by atoms with E-state index in [1.807, 2.05) is 11.0 Å². The summed E-state index contributed by atoms with van der Waals surface area (Å²) in [6, 6.07) is 5.12. The van der Waals surface area contributed by atoms with Gasteiger partial charge in [-0.05, 0) is 47.9 Å². The SMILES string of the molecule is CC(C)(C)C1Cc2cc(F)ccc2CN1C(=O)C1CC1. The second-order valence-corrected chi connectivity index (χ2v) is 7.24. The predicted octanol–water partition coefficient (Wildman–Crippen LogP) is 3.54. The number of amides is 1. The van der Waals surface area contributed by atoms with Crippen molar-refractivity contribution in [3.8, 4) is 0 Å². The molecule has 1 amide bonds. The first-order chi connectivity index (χ1) is 9.36. The van der Waals surface area contributed by atoms with Gasteiger partial charge in [0.2, 0.25) is 5.91 Å². The zero-order valence-corrected chi connectivity index (χ0v) is 12.4. The van der Waals surface area contributed by atoms with Crippen LogP contribution < -0.4 is 0 Å². The van der Waals surface area contributed by atoms with E-state index >= 15 is 0 Å². The summed E-state index contributed by atoms with van der Waals surface area (Å²) in [5.41, 5.74) is 2.17. The lowest BCUT2D eigenvalue weighted by molar-refractivity contribution is -0.138. The lowest BCUT2D eigenvalue weighted by Crippen LogP contribution is -2.51. The molecule has 0 aromatic heterocycles. The first kappa shape index (κ1) is 13.6. The fraction of sp³-hybridized carbons (Fsp3) is 0.588. The summed E-state index contributed by atoms with van der Waals surface area (Å²) >= 11 is 0. The van der Waals surface area contributed by atoms with Crippen LogP contribution in [0.15, 0.2) is 18.2 Å². The summed E-state index contributed by atoms with van der Waals surface area (Å²) in [6.07, 6.45) is 2.82. The van der Waals surface area contributed by atoms with Crippen LogP contribution in [0.5, 0.6) is 0 Å². The second-order valence-electron chi connectivity index (χ2n) is 7.24. The number of nitrogens with zero attached hydrogens (tertiary/aromatic N) is 1. The van der Waals surface area contributed by atoms with Gasteiger partial charge in [0.05, 0.1) is 0 Å². The van der Waals surface area contributed by atoms with E-state index in [-0.39, 0.29) is 23.2 Å². The van der Waals surface area contributed by atoms with Crippen molar-refractivity contribution in [3.05, 3.63) is 35.1 Å². The van der Waals surface area contributed by atoms with E-state index in [1.165, 1.54) is 6.07 Å². The summed E-state index contributed by atoms with van der Waals surface area (Å²) in [6.45, 7) is 7.12. The van der Waals surface area contributed by atoms with Gasteiger partial charge in [-0.1, -0.05) is 26.8 Å². The number of hydrogen-bond acceptors (Lipinski definition) is 1. The molecule has 1 aliphatic heterocycles. The molecule has 1 saturated carbocycles. The first-order valence-electron chi connectivity index (χ1n) is 7.44. The van der Waals surface area contributed by atoms with Crippen molar-refractivity contribution in [2.45, 2.75) is 52.6 Å². The predicted molar refractivity (Wildman–Crippen MR) is 76.6 cm³/mol. The molecule has 0 saturated heterocycles. The molecule has 0 spiro atoms. The highest BCUT2D eigenvalue weighted by molar-refractivity contribution is 5.81. The van der Waals surface area contributed by atoms with Gasteiger partial charge in [0.15, 0.2) is 0 Å². The largest absolute Gasteiger partial charge is 0.334 e. The molecule has 0 N–H and O–H groups in total. The topological polar surface area (TPSA) is 20.3 Å². The van der Waals surface area contributed by atoms with Crippen molar-refractivity contribution in [2.75, 3.05) is 0 Å². The van der Waals surface area contributed by atoms with Crippen LogP contribution in [0.2, 0.25) is 0 Å². The van der Waals surface area contributed by atoms with E-state index < -0.39 is 0 Å². The van der Waals surface area contributed by atoms with E-state index in [9.17, 15) is 9.18 Å². The molecule has 1 unspecified atom stereocenters. The van der Waals surface area contributed by atoms with Crippen molar-refractivity contribution >= 4 is 5.91 Å². The van der Waals surface area contributed by atoms with E-state index in [2.05, 4.69) is 20.8 Å². The maximum atomic E-state index is 13.4. The molecule has 1 aliphatic carbocycles. The minimum Gasteiger partial charge on any atom is -0.334 e. The first-order valence-corrected chi connectivity index (χ1v) is 7.44. The van der Waals surface area contributed by atoms with Crippen LogP contribution in [0.4, 0.5) is 4.39 Å². The average molecular weight is 275 g/mol. The Labute approximate surface area is 120 Å². The Hall–Kier alpha value is -1.38. The maximum absolute atomic E-state index is 13.4. The smallest absolute Gasteiger partial charge is 0.226 e. The summed E-state index contributed by atoms with van der Waals surface area (Å²) in [5, 5.41) is 0. The van der Waals surface area contributed by atoms with Crippen LogP contribution >= 0.6 is 0 Å². The molecule has 2 aliphatic rings. The number of halogens is 1. The van der Waals surface area contributed by atoms with Crippen LogP contribution in [-0.4, -0.2) is 16.8 Å². The second kappa shape index (κ2) is 4.57. The lowest BCUT2D eigenvalue weighted by Gasteiger charge is -2.44. The molecule has 1 fully saturated rings. The summed E-state index contributed by atoms with van der Waals surface area (Å²) < 4.78 is 13.4. The van der Waals surface area contributed by atoms with Crippen LogP contribution in [0.25, 0.3) is 0 Å². The van der Waals surface area contributed by atoms with Gasteiger partial charge in [-0.25, -0.2) is 4.39 Å². The fourth-order valence-electron chi connectivity index (χ4n) is 3.12. The maximum Gasteiger partial charge on any atom is 0.226 e. The number of benzene rings is 1. The zero-order valence-electron chi connectivity index (χ0n) is 12.4. The third kappa shape index (κ3) is 2.46. The van der Waals surface area contributed by atoms with Crippen molar-refractivity contribution in [1.29, 1.82) is 0 Å². The molecule has 1 aromatic rings. The Morgan fingerprint density at radius 2 is 1.95 bits per heavy atom. The highest BCUT2D eigenvalue weighted by Crippen LogP contribution is 2.39. The van der Waals surface area contributed by atoms with Crippen molar-refractivity contribution < 1.29 is 9.18 Å². The van der Waals surface area contributed by atoms with Gasteiger partial charge in [-0.2, -0.15) is 0 Å². The molecule has 1 heterocycles.